The van der Waals surface area contributed by atoms with Gasteiger partial charge in [0.2, 0.25) is 5.91 Å². The molecular weight excluding hydrogens is 306 g/mol. The molecule has 1 N–H and O–H groups in total. The van der Waals surface area contributed by atoms with Gasteiger partial charge in [-0.1, -0.05) is 49.3 Å². The molecule has 2 heteroatoms. The van der Waals surface area contributed by atoms with Gasteiger partial charge in [-0.25, -0.2) is 0 Å². The lowest BCUT2D eigenvalue weighted by Gasteiger charge is -2.07. The maximum atomic E-state index is 12.0. The number of rotatable bonds is 14. The van der Waals surface area contributed by atoms with Crippen molar-refractivity contribution < 1.29 is 4.79 Å². The molecule has 0 saturated carbocycles. The smallest absolute Gasteiger partial charge is 0.224 e. The van der Waals surface area contributed by atoms with Crippen molar-refractivity contribution in [1.82, 2.24) is 0 Å². The Morgan fingerprint density at radius 1 is 0.920 bits per heavy atom. The predicted octanol–water partition coefficient (Wildman–Crippen LogP) is 6.61. The second kappa shape index (κ2) is 14.3. The quantitative estimate of drug-likeness (QED) is 0.300. The average molecular weight is 340 g/mol. The first-order chi connectivity index (χ1) is 12.3. The Kier molecular flexibility index (Phi) is 12.0. The minimum Gasteiger partial charge on any atom is -0.326 e. The van der Waals surface area contributed by atoms with Crippen molar-refractivity contribution in [2.75, 3.05) is 5.32 Å². The lowest BCUT2D eigenvalue weighted by Crippen LogP contribution is -2.11. The van der Waals surface area contributed by atoms with E-state index in [0.29, 0.717) is 6.42 Å². The van der Waals surface area contributed by atoms with E-state index < -0.39 is 0 Å². The molecular formula is C23H33NO. The first-order valence-electron chi connectivity index (χ1n) is 9.52. The third kappa shape index (κ3) is 11.1. The Morgan fingerprint density at radius 3 is 2.48 bits per heavy atom. The Bertz CT molecular complexity index is 545. The van der Waals surface area contributed by atoms with Crippen LogP contribution in [0.5, 0.6) is 0 Å². The third-order valence-electron chi connectivity index (χ3n) is 4.08. The van der Waals surface area contributed by atoms with Gasteiger partial charge in [0.25, 0.3) is 0 Å². The molecule has 0 fully saturated rings. The molecule has 1 aromatic rings. The molecule has 0 aromatic heterocycles. The normalized spacial score (nSPS) is 10.7. The van der Waals surface area contributed by atoms with Gasteiger partial charge >= 0.3 is 0 Å². The number of nitrogens with one attached hydrogen (secondary N) is 1. The summed E-state index contributed by atoms with van der Waals surface area (Å²) in [6, 6.07) is 8.18. The van der Waals surface area contributed by atoms with E-state index in [9.17, 15) is 4.79 Å². The number of amides is 1. The molecule has 0 spiro atoms. The van der Waals surface area contributed by atoms with Crippen LogP contribution in [0.1, 0.15) is 63.4 Å². The van der Waals surface area contributed by atoms with Crippen molar-refractivity contribution in [3.8, 4) is 0 Å². The molecule has 0 atom stereocenters. The lowest BCUT2D eigenvalue weighted by molar-refractivity contribution is -0.116. The van der Waals surface area contributed by atoms with E-state index >= 15 is 0 Å². The number of aryl methyl sites for hydroxylation is 1. The van der Waals surface area contributed by atoms with Crippen molar-refractivity contribution >= 4 is 11.6 Å². The average Bonchev–Trinajstić information content (AvgIpc) is 2.61. The summed E-state index contributed by atoms with van der Waals surface area (Å²) in [5.41, 5.74) is 2.17. The van der Waals surface area contributed by atoms with Crippen molar-refractivity contribution in [2.45, 2.75) is 64.2 Å². The monoisotopic (exact) mass is 339 g/mol. The number of allylic oxidation sites excluding steroid dienone is 4. The van der Waals surface area contributed by atoms with Crippen molar-refractivity contribution in [2.24, 2.45) is 0 Å². The zero-order valence-electron chi connectivity index (χ0n) is 15.5. The van der Waals surface area contributed by atoms with Gasteiger partial charge in [-0.05, 0) is 62.6 Å². The SMILES string of the molecule is C=CCC/C=C\CCc1cccc(NC(=O)CCCCCCC=C)c1. The maximum Gasteiger partial charge on any atom is 0.224 e. The highest BCUT2D eigenvalue weighted by Crippen LogP contribution is 2.14. The summed E-state index contributed by atoms with van der Waals surface area (Å²) in [7, 11) is 0. The molecule has 0 unspecified atom stereocenters. The largest absolute Gasteiger partial charge is 0.326 e. The van der Waals surface area contributed by atoms with E-state index in [0.717, 1.165) is 50.6 Å². The van der Waals surface area contributed by atoms with Gasteiger partial charge < -0.3 is 5.32 Å². The van der Waals surface area contributed by atoms with Crippen molar-refractivity contribution in [1.29, 1.82) is 0 Å². The number of carbonyl (C=O) groups excluding carboxylic acids is 1. The van der Waals surface area contributed by atoms with Crippen LogP contribution in [0, 0.1) is 0 Å². The molecule has 1 rings (SSSR count). The molecule has 1 amide bonds. The number of unbranched alkanes of at least 4 members (excludes halogenated alkanes) is 5. The number of hydrogen-bond acceptors (Lipinski definition) is 1. The van der Waals surface area contributed by atoms with Crippen LogP contribution in [0.25, 0.3) is 0 Å². The fraction of sp³-hybridized carbons (Fsp3) is 0.435. The molecule has 25 heavy (non-hydrogen) atoms. The molecule has 0 heterocycles. The first kappa shape index (κ1) is 21.0. The van der Waals surface area contributed by atoms with E-state index in [-0.39, 0.29) is 5.91 Å². The van der Waals surface area contributed by atoms with E-state index in [1.807, 2.05) is 24.3 Å². The zero-order chi connectivity index (χ0) is 18.2. The summed E-state index contributed by atoms with van der Waals surface area (Å²) >= 11 is 0. The van der Waals surface area contributed by atoms with E-state index in [1.54, 1.807) is 0 Å². The third-order valence-corrected chi connectivity index (χ3v) is 4.08. The minimum absolute atomic E-state index is 0.116. The van der Waals surface area contributed by atoms with Crippen LogP contribution in [0.15, 0.2) is 61.7 Å². The van der Waals surface area contributed by atoms with Crippen LogP contribution in [0.3, 0.4) is 0 Å². The second-order valence-electron chi connectivity index (χ2n) is 6.37. The molecule has 0 radical (unpaired) electrons. The van der Waals surface area contributed by atoms with Gasteiger partial charge in [0.05, 0.1) is 0 Å². The molecule has 0 aliphatic heterocycles. The van der Waals surface area contributed by atoms with E-state index in [1.165, 1.54) is 18.4 Å². The molecule has 2 nitrogen and oxygen atoms in total. The highest BCUT2D eigenvalue weighted by molar-refractivity contribution is 5.90. The number of anilines is 1. The predicted molar refractivity (Wildman–Crippen MR) is 110 cm³/mol. The van der Waals surface area contributed by atoms with Crippen LogP contribution in [0.4, 0.5) is 5.69 Å². The Labute approximate surface area is 153 Å². The second-order valence-corrected chi connectivity index (χ2v) is 6.37. The van der Waals surface area contributed by atoms with Crippen LogP contribution >= 0.6 is 0 Å². The topological polar surface area (TPSA) is 29.1 Å². The van der Waals surface area contributed by atoms with Gasteiger partial charge in [-0.15, -0.1) is 13.2 Å². The maximum absolute atomic E-state index is 12.0. The molecule has 0 saturated heterocycles. The Morgan fingerprint density at radius 2 is 1.68 bits per heavy atom. The Balaban J connectivity index is 2.27. The van der Waals surface area contributed by atoms with Gasteiger partial charge in [0.1, 0.15) is 0 Å². The van der Waals surface area contributed by atoms with Crippen LogP contribution in [-0.2, 0) is 11.2 Å². The van der Waals surface area contributed by atoms with Crippen LogP contribution in [-0.4, -0.2) is 5.91 Å². The highest BCUT2D eigenvalue weighted by Gasteiger charge is 2.03. The summed E-state index contributed by atoms with van der Waals surface area (Å²) in [5.74, 6) is 0.116. The Hall–Kier alpha value is -2.09. The first-order valence-corrected chi connectivity index (χ1v) is 9.52. The number of carbonyl (C=O) groups is 1. The van der Waals surface area contributed by atoms with Gasteiger partial charge in [-0.3, -0.25) is 4.79 Å². The van der Waals surface area contributed by atoms with E-state index in [4.69, 9.17) is 0 Å². The number of benzene rings is 1. The summed E-state index contributed by atoms with van der Waals surface area (Å²) < 4.78 is 0. The van der Waals surface area contributed by atoms with Crippen molar-refractivity contribution in [3.63, 3.8) is 0 Å². The standard InChI is InChI=1S/C23H33NO/c1-3-5-7-9-11-13-16-21-17-15-18-22(20-21)24-23(25)19-14-12-10-8-6-4-2/h3-4,9,11,15,17-18,20H,1-2,5-8,10,12-14,16,19H2,(H,24,25)/b11-9-. The zero-order valence-corrected chi connectivity index (χ0v) is 15.5. The molecule has 0 aliphatic carbocycles. The molecule has 136 valence electrons. The highest BCUT2D eigenvalue weighted by atomic mass is 16.1. The number of hydrogen-bond donors (Lipinski definition) is 1. The molecule has 0 bridgehead atoms. The van der Waals surface area contributed by atoms with Crippen LogP contribution < -0.4 is 5.32 Å². The van der Waals surface area contributed by atoms with Gasteiger partial charge in [0, 0.05) is 12.1 Å². The summed E-state index contributed by atoms with van der Waals surface area (Å²) in [6.07, 6.45) is 18.5. The van der Waals surface area contributed by atoms with Gasteiger partial charge in [0.15, 0.2) is 0 Å². The fourth-order valence-electron chi connectivity index (χ4n) is 2.66. The molecule has 1 aromatic carbocycles. The van der Waals surface area contributed by atoms with Gasteiger partial charge in [-0.2, -0.15) is 0 Å². The van der Waals surface area contributed by atoms with E-state index in [2.05, 4.69) is 42.8 Å². The summed E-state index contributed by atoms with van der Waals surface area (Å²) in [4.78, 5) is 12.0. The van der Waals surface area contributed by atoms with Crippen LogP contribution in [0.2, 0.25) is 0 Å². The molecule has 0 aliphatic rings. The summed E-state index contributed by atoms with van der Waals surface area (Å²) in [6.45, 7) is 7.45. The van der Waals surface area contributed by atoms with Crippen molar-refractivity contribution in [3.05, 3.63) is 67.3 Å². The summed E-state index contributed by atoms with van der Waals surface area (Å²) in [5, 5.41) is 3.02. The minimum atomic E-state index is 0.116. The fourth-order valence-corrected chi connectivity index (χ4v) is 2.66. The lowest BCUT2D eigenvalue weighted by atomic mass is 10.1.